The van der Waals surface area contributed by atoms with Crippen molar-refractivity contribution < 1.29 is 9.90 Å². The summed E-state index contributed by atoms with van der Waals surface area (Å²) in [5.74, 6) is 0.246. The summed E-state index contributed by atoms with van der Waals surface area (Å²) in [7, 11) is 0. The van der Waals surface area contributed by atoms with Gasteiger partial charge in [-0.2, -0.15) is 0 Å². The van der Waals surface area contributed by atoms with E-state index in [0.29, 0.717) is 17.9 Å². The summed E-state index contributed by atoms with van der Waals surface area (Å²) in [6.07, 6.45) is 4.05. The Labute approximate surface area is 242 Å². The van der Waals surface area contributed by atoms with E-state index in [1.165, 1.54) is 27.8 Å². The molecular formula is C36H39N3O2. The lowest BCUT2D eigenvalue weighted by Crippen LogP contribution is -2.22. The van der Waals surface area contributed by atoms with E-state index in [1.54, 1.807) is 12.1 Å². The molecule has 5 aromatic rings. The molecule has 0 atom stereocenters. The lowest BCUT2D eigenvalue weighted by molar-refractivity contribution is 0.0951. The number of phenolic OH excluding ortho intramolecular Hbond substituents is 1. The van der Waals surface area contributed by atoms with Gasteiger partial charge in [0.1, 0.15) is 5.75 Å². The van der Waals surface area contributed by atoms with E-state index in [9.17, 15) is 9.90 Å². The van der Waals surface area contributed by atoms with E-state index in [4.69, 9.17) is 0 Å². The summed E-state index contributed by atoms with van der Waals surface area (Å²) in [4.78, 5) is 16.7. The summed E-state index contributed by atoms with van der Waals surface area (Å²) in [6, 6.07) is 30.1. The van der Waals surface area contributed by atoms with Crippen molar-refractivity contribution >= 4 is 16.8 Å². The average Bonchev–Trinajstić information content (AvgIpc) is 3.34. The normalized spacial score (nSPS) is 11.2. The van der Waals surface area contributed by atoms with E-state index < -0.39 is 0 Å². The van der Waals surface area contributed by atoms with Gasteiger partial charge in [-0.3, -0.25) is 4.79 Å². The summed E-state index contributed by atoms with van der Waals surface area (Å²) < 4.78 is 0. The summed E-state index contributed by atoms with van der Waals surface area (Å²) in [5.41, 5.74) is 10.1. The Bertz CT molecular complexity index is 1580. The van der Waals surface area contributed by atoms with Crippen molar-refractivity contribution in [2.75, 3.05) is 13.1 Å². The number of unbranched alkanes of at least 4 members (excludes halogenated alkanes) is 1. The zero-order chi connectivity index (χ0) is 28.6. The number of H-pyrrole nitrogens is 1. The van der Waals surface area contributed by atoms with Crippen LogP contribution in [0.5, 0.6) is 5.75 Å². The van der Waals surface area contributed by atoms with Crippen molar-refractivity contribution in [2.45, 2.75) is 46.1 Å². The molecule has 0 aliphatic heterocycles. The predicted octanol–water partition coefficient (Wildman–Crippen LogP) is 7.24. The van der Waals surface area contributed by atoms with E-state index in [2.05, 4.69) is 47.7 Å². The molecule has 5 heteroatoms. The van der Waals surface area contributed by atoms with Gasteiger partial charge in [-0.1, -0.05) is 59.7 Å². The SMILES string of the molecule is Cc1cc(C)cc(-c2[nH]c3ccc(C(=O)NCc4ccccc4)cc3c2CCNCCCCc2ccc(O)cc2)c1. The van der Waals surface area contributed by atoms with Crippen LogP contribution in [0.1, 0.15) is 51.0 Å². The summed E-state index contributed by atoms with van der Waals surface area (Å²) >= 11 is 0. The number of hydrogen-bond donors (Lipinski definition) is 4. The number of aryl methyl sites for hydroxylation is 3. The molecule has 5 rings (SSSR count). The molecule has 1 heterocycles. The van der Waals surface area contributed by atoms with Gasteiger partial charge in [0.25, 0.3) is 5.91 Å². The van der Waals surface area contributed by atoms with Gasteiger partial charge in [0.15, 0.2) is 0 Å². The number of nitrogens with one attached hydrogen (secondary N) is 3. The second kappa shape index (κ2) is 13.3. The van der Waals surface area contributed by atoms with Crippen LogP contribution in [0.2, 0.25) is 0 Å². The first-order valence-electron chi connectivity index (χ1n) is 14.5. The average molecular weight is 546 g/mol. The second-order valence-corrected chi connectivity index (χ2v) is 10.9. The number of rotatable bonds is 12. The minimum Gasteiger partial charge on any atom is -0.508 e. The van der Waals surface area contributed by atoms with E-state index in [1.807, 2.05) is 60.7 Å². The van der Waals surface area contributed by atoms with Crippen molar-refractivity contribution in [3.8, 4) is 17.0 Å². The summed E-state index contributed by atoms with van der Waals surface area (Å²) in [6.45, 7) is 6.57. The molecule has 41 heavy (non-hydrogen) atoms. The Kier molecular flexibility index (Phi) is 9.17. The zero-order valence-corrected chi connectivity index (χ0v) is 24.0. The van der Waals surface area contributed by atoms with E-state index >= 15 is 0 Å². The highest BCUT2D eigenvalue weighted by Crippen LogP contribution is 2.32. The third-order valence-corrected chi connectivity index (χ3v) is 7.53. The van der Waals surface area contributed by atoms with Gasteiger partial charge in [0.05, 0.1) is 0 Å². The fourth-order valence-corrected chi connectivity index (χ4v) is 5.47. The Morgan fingerprint density at radius 3 is 2.29 bits per heavy atom. The smallest absolute Gasteiger partial charge is 0.251 e. The third-order valence-electron chi connectivity index (χ3n) is 7.53. The third kappa shape index (κ3) is 7.44. The number of carbonyl (C=O) groups excluding carboxylic acids is 1. The first kappa shape index (κ1) is 28.2. The highest BCUT2D eigenvalue weighted by Gasteiger charge is 2.16. The van der Waals surface area contributed by atoms with Crippen molar-refractivity contribution in [1.82, 2.24) is 15.6 Å². The van der Waals surface area contributed by atoms with Gasteiger partial charge in [0.2, 0.25) is 0 Å². The van der Waals surface area contributed by atoms with Gasteiger partial charge >= 0.3 is 0 Å². The molecule has 0 spiro atoms. The fourth-order valence-electron chi connectivity index (χ4n) is 5.47. The van der Waals surface area contributed by atoms with Crippen molar-refractivity contribution in [1.29, 1.82) is 0 Å². The lowest BCUT2D eigenvalue weighted by Gasteiger charge is -2.10. The second-order valence-electron chi connectivity index (χ2n) is 10.9. The molecule has 4 aromatic carbocycles. The van der Waals surface area contributed by atoms with Crippen molar-refractivity contribution in [3.63, 3.8) is 0 Å². The zero-order valence-electron chi connectivity index (χ0n) is 24.0. The van der Waals surface area contributed by atoms with Crippen LogP contribution in [0.4, 0.5) is 0 Å². The van der Waals surface area contributed by atoms with E-state index in [0.717, 1.165) is 60.9 Å². The Hall–Kier alpha value is -4.35. The number of benzene rings is 4. The van der Waals surface area contributed by atoms with Crippen LogP contribution in [-0.4, -0.2) is 29.1 Å². The predicted molar refractivity (Wildman–Crippen MR) is 168 cm³/mol. The topological polar surface area (TPSA) is 77.2 Å². The van der Waals surface area contributed by atoms with Crippen LogP contribution < -0.4 is 10.6 Å². The van der Waals surface area contributed by atoms with Crippen molar-refractivity contribution in [3.05, 3.63) is 124 Å². The van der Waals surface area contributed by atoms with Crippen LogP contribution in [0.25, 0.3) is 22.2 Å². The molecule has 1 amide bonds. The van der Waals surface area contributed by atoms with Gasteiger partial charge in [-0.15, -0.1) is 0 Å². The van der Waals surface area contributed by atoms with Crippen LogP contribution >= 0.6 is 0 Å². The molecule has 0 radical (unpaired) electrons. The number of hydrogen-bond acceptors (Lipinski definition) is 3. The maximum absolute atomic E-state index is 13.1. The molecule has 0 bridgehead atoms. The fraction of sp³-hybridized carbons (Fsp3) is 0.250. The number of carbonyl (C=O) groups is 1. The number of phenols is 1. The molecule has 0 saturated carbocycles. The van der Waals surface area contributed by atoms with Crippen molar-refractivity contribution in [2.24, 2.45) is 0 Å². The standard InChI is InChI=1S/C36H39N3O2/c1-25-20-26(2)22-30(21-25)35-32(17-19-37-18-7-6-8-27-11-14-31(40)15-12-27)33-23-29(13-16-34(33)39-35)36(41)38-24-28-9-4-3-5-10-28/h3-5,9-16,20-23,37,39-40H,6-8,17-19,24H2,1-2H3,(H,38,41). The van der Waals surface area contributed by atoms with Gasteiger partial charge in [-0.25, -0.2) is 0 Å². The molecule has 0 aliphatic carbocycles. The van der Waals surface area contributed by atoms with E-state index in [-0.39, 0.29) is 5.91 Å². The van der Waals surface area contributed by atoms with Crippen LogP contribution in [0.3, 0.4) is 0 Å². The number of aromatic nitrogens is 1. The monoisotopic (exact) mass is 545 g/mol. The molecular weight excluding hydrogens is 506 g/mol. The Morgan fingerprint density at radius 1 is 0.780 bits per heavy atom. The molecule has 0 unspecified atom stereocenters. The number of fused-ring (bicyclic) bond motifs is 1. The molecule has 0 saturated heterocycles. The maximum Gasteiger partial charge on any atom is 0.251 e. The number of amides is 1. The van der Waals surface area contributed by atoms with Gasteiger partial charge < -0.3 is 20.7 Å². The molecule has 0 fully saturated rings. The molecule has 210 valence electrons. The molecule has 1 aromatic heterocycles. The number of aromatic amines is 1. The number of aromatic hydroxyl groups is 1. The molecule has 4 N–H and O–H groups in total. The highest BCUT2D eigenvalue weighted by atomic mass is 16.3. The Balaban J connectivity index is 1.29. The van der Waals surface area contributed by atoms with Crippen LogP contribution in [0, 0.1) is 13.8 Å². The van der Waals surface area contributed by atoms with Gasteiger partial charge in [-0.05, 0) is 117 Å². The first-order valence-corrected chi connectivity index (χ1v) is 14.5. The Morgan fingerprint density at radius 2 is 1.54 bits per heavy atom. The maximum atomic E-state index is 13.1. The molecule has 0 aliphatic rings. The quantitative estimate of drug-likeness (QED) is 0.125. The van der Waals surface area contributed by atoms with Crippen LogP contribution in [0.15, 0.2) is 91.0 Å². The minimum atomic E-state index is -0.0670. The first-order chi connectivity index (χ1) is 20.0. The molecule has 5 nitrogen and oxygen atoms in total. The largest absolute Gasteiger partial charge is 0.508 e. The minimum absolute atomic E-state index is 0.0670. The highest BCUT2D eigenvalue weighted by molar-refractivity contribution is 6.00. The van der Waals surface area contributed by atoms with Crippen LogP contribution in [-0.2, 0) is 19.4 Å². The lowest BCUT2D eigenvalue weighted by atomic mass is 9.98. The summed E-state index contributed by atoms with van der Waals surface area (Å²) in [5, 5.41) is 17.3. The van der Waals surface area contributed by atoms with Gasteiger partial charge in [0, 0.05) is 28.7 Å².